The van der Waals surface area contributed by atoms with Gasteiger partial charge in [0, 0.05) is 36.7 Å². The molecule has 1 aromatic carbocycles. The van der Waals surface area contributed by atoms with Crippen LogP contribution in [0.15, 0.2) is 47.3 Å². The Morgan fingerprint density at radius 3 is 2.59 bits per heavy atom. The van der Waals surface area contributed by atoms with E-state index >= 15 is 0 Å². The Morgan fingerprint density at radius 1 is 1.06 bits per heavy atom. The van der Waals surface area contributed by atoms with Gasteiger partial charge in [-0.15, -0.1) is 0 Å². The van der Waals surface area contributed by atoms with Gasteiger partial charge < -0.3 is 20.5 Å². The maximum atomic E-state index is 13.2. The maximum Gasteiger partial charge on any atom is 0.433 e. The van der Waals surface area contributed by atoms with Crippen LogP contribution in [0.5, 0.6) is 0 Å². The van der Waals surface area contributed by atoms with Crippen molar-refractivity contribution in [1.82, 2.24) is 15.3 Å². The highest BCUT2D eigenvalue weighted by Gasteiger charge is 2.33. The van der Waals surface area contributed by atoms with Gasteiger partial charge in [-0.25, -0.2) is 9.78 Å². The third-order valence-corrected chi connectivity index (χ3v) is 5.35. The number of fused-ring (bicyclic) bond motifs is 1. The number of rotatable bonds is 4. The lowest BCUT2D eigenvalue weighted by molar-refractivity contribution is -0.141. The lowest BCUT2D eigenvalue weighted by atomic mass is 10.1. The Kier molecular flexibility index (Phi) is 6.02. The molecule has 2 aromatic heterocycles. The molecule has 1 aliphatic rings. The molecule has 10 heteroatoms. The lowest BCUT2D eigenvalue weighted by Crippen LogP contribution is -2.33. The Bertz CT molecular complexity index is 1190. The molecule has 0 radical (unpaired) electrons. The molecule has 0 spiro atoms. The van der Waals surface area contributed by atoms with Crippen molar-refractivity contribution in [2.75, 3.05) is 23.3 Å². The third-order valence-electron chi connectivity index (χ3n) is 5.35. The largest absolute Gasteiger partial charge is 0.433 e. The van der Waals surface area contributed by atoms with E-state index in [-0.39, 0.29) is 17.9 Å². The number of urea groups is 1. The summed E-state index contributed by atoms with van der Waals surface area (Å²) in [6.07, 6.45) is -1.74. The summed E-state index contributed by atoms with van der Waals surface area (Å²) in [5.74, 6) is 0.252. The lowest BCUT2D eigenvalue weighted by Gasteiger charge is -2.30. The van der Waals surface area contributed by atoms with Crippen LogP contribution in [-0.4, -0.2) is 29.1 Å². The normalized spacial score (nSPS) is 14.4. The average molecular weight is 445 g/mol. The van der Waals surface area contributed by atoms with Crippen molar-refractivity contribution in [2.45, 2.75) is 32.0 Å². The first-order valence-electron chi connectivity index (χ1n) is 10.3. The molecule has 7 nitrogen and oxygen atoms in total. The molecule has 0 saturated carbocycles. The number of anilines is 2. The summed E-state index contributed by atoms with van der Waals surface area (Å²) < 4.78 is 39.6. The average Bonchev–Trinajstić information content (AvgIpc) is 2.77. The number of piperidine rings is 1. The van der Waals surface area contributed by atoms with E-state index in [4.69, 9.17) is 0 Å². The Hall–Kier alpha value is -3.56. The first kappa shape index (κ1) is 21.7. The van der Waals surface area contributed by atoms with Crippen LogP contribution >= 0.6 is 0 Å². The van der Waals surface area contributed by atoms with Gasteiger partial charge in [0.05, 0.1) is 11.2 Å². The van der Waals surface area contributed by atoms with Gasteiger partial charge >= 0.3 is 12.2 Å². The highest BCUT2D eigenvalue weighted by Crippen LogP contribution is 2.31. The fourth-order valence-electron chi connectivity index (χ4n) is 3.79. The van der Waals surface area contributed by atoms with E-state index in [0.717, 1.165) is 25.3 Å². The second-order valence-electron chi connectivity index (χ2n) is 7.62. The van der Waals surface area contributed by atoms with Crippen LogP contribution in [0.2, 0.25) is 0 Å². The number of hydrogen-bond acceptors (Lipinski definition) is 4. The van der Waals surface area contributed by atoms with Crippen LogP contribution in [-0.2, 0) is 12.7 Å². The first-order valence-corrected chi connectivity index (χ1v) is 10.3. The summed E-state index contributed by atoms with van der Waals surface area (Å²) in [6.45, 7) is 1.27. The standard InChI is InChI=1S/C22H22F3N5O2/c23-22(24,25)18-9-7-14(20(29-18)30-11-2-1-3-12-30)13-26-21(32)28-17-6-4-5-16-15(17)8-10-19(31)27-16/h4-10H,1-3,11-13H2,(H,27,31)(H2,26,28,32). The van der Waals surface area contributed by atoms with E-state index in [0.29, 0.717) is 35.2 Å². The summed E-state index contributed by atoms with van der Waals surface area (Å²) in [6, 6.07) is 9.86. The molecule has 4 rings (SSSR count). The number of aromatic amines is 1. The molecule has 2 amide bonds. The van der Waals surface area contributed by atoms with Crippen molar-refractivity contribution in [1.29, 1.82) is 0 Å². The number of carbonyl (C=O) groups excluding carboxylic acids is 1. The van der Waals surface area contributed by atoms with Crippen molar-refractivity contribution < 1.29 is 18.0 Å². The van der Waals surface area contributed by atoms with Gasteiger partial charge in [0.15, 0.2) is 0 Å². The number of amides is 2. The summed E-state index contributed by atoms with van der Waals surface area (Å²) >= 11 is 0. The monoisotopic (exact) mass is 445 g/mol. The van der Waals surface area contributed by atoms with Crippen molar-refractivity contribution >= 4 is 28.4 Å². The molecule has 0 aliphatic carbocycles. The summed E-state index contributed by atoms with van der Waals surface area (Å²) in [5.41, 5.74) is 0.389. The number of aromatic nitrogens is 2. The smallest absolute Gasteiger partial charge is 0.356 e. The zero-order chi connectivity index (χ0) is 22.7. The number of halogens is 3. The highest BCUT2D eigenvalue weighted by atomic mass is 19.4. The van der Waals surface area contributed by atoms with Crippen molar-refractivity contribution in [3.63, 3.8) is 0 Å². The minimum atomic E-state index is -4.54. The Labute approximate surface area is 181 Å². The first-order chi connectivity index (χ1) is 15.3. The van der Waals surface area contributed by atoms with Crippen LogP contribution < -0.4 is 21.1 Å². The Balaban J connectivity index is 1.52. The number of pyridine rings is 2. The molecule has 1 fully saturated rings. The molecule has 0 unspecified atom stereocenters. The quantitative estimate of drug-likeness (QED) is 0.560. The molecule has 0 atom stereocenters. The summed E-state index contributed by atoms with van der Waals surface area (Å²) in [7, 11) is 0. The number of benzene rings is 1. The van der Waals surface area contributed by atoms with Crippen LogP contribution in [0.3, 0.4) is 0 Å². The van der Waals surface area contributed by atoms with Gasteiger partial charge in [-0.1, -0.05) is 12.1 Å². The van der Waals surface area contributed by atoms with Crippen LogP contribution in [0.4, 0.5) is 29.5 Å². The number of nitrogens with one attached hydrogen (secondary N) is 3. The maximum absolute atomic E-state index is 13.2. The number of H-pyrrole nitrogens is 1. The third kappa shape index (κ3) is 4.84. The minimum Gasteiger partial charge on any atom is -0.356 e. The second kappa shape index (κ2) is 8.89. The van der Waals surface area contributed by atoms with E-state index in [2.05, 4.69) is 20.6 Å². The topological polar surface area (TPSA) is 90.1 Å². The van der Waals surface area contributed by atoms with Gasteiger partial charge in [-0.2, -0.15) is 13.2 Å². The van der Waals surface area contributed by atoms with E-state index in [1.807, 2.05) is 4.90 Å². The number of alkyl halides is 3. The number of carbonyl (C=O) groups is 1. The number of hydrogen-bond donors (Lipinski definition) is 3. The van der Waals surface area contributed by atoms with Crippen molar-refractivity contribution in [3.8, 4) is 0 Å². The minimum absolute atomic E-state index is 0.0183. The van der Waals surface area contributed by atoms with Crippen LogP contribution in [0.25, 0.3) is 10.9 Å². The second-order valence-corrected chi connectivity index (χ2v) is 7.62. The van der Waals surface area contributed by atoms with Crippen molar-refractivity contribution in [2.24, 2.45) is 0 Å². The molecule has 3 N–H and O–H groups in total. The molecular formula is C22H22F3N5O2. The molecule has 1 saturated heterocycles. The molecule has 0 bridgehead atoms. The van der Waals surface area contributed by atoms with Gasteiger partial charge in [-0.05, 0) is 43.5 Å². The fraction of sp³-hybridized carbons (Fsp3) is 0.318. The predicted octanol–water partition coefficient (Wildman–Crippen LogP) is 4.25. The van der Waals surface area contributed by atoms with Crippen LogP contribution in [0, 0.1) is 0 Å². The van der Waals surface area contributed by atoms with E-state index in [1.165, 1.54) is 12.1 Å². The Morgan fingerprint density at radius 2 is 1.84 bits per heavy atom. The van der Waals surface area contributed by atoms with E-state index < -0.39 is 17.9 Å². The van der Waals surface area contributed by atoms with Crippen LogP contribution in [0.1, 0.15) is 30.5 Å². The fourth-order valence-corrected chi connectivity index (χ4v) is 3.79. The van der Waals surface area contributed by atoms with E-state index in [9.17, 15) is 22.8 Å². The molecule has 1 aliphatic heterocycles. The molecule has 3 heterocycles. The predicted molar refractivity (Wildman–Crippen MR) is 116 cm³/mol. The van der Waals surface area contributed by atoms with E-state index in [1.54, 1.807) is 24.3 Å². The van der Waals surface area contributed by atoms with Gasteiger partial charge in [-0.3, -0.25) is 4.79 Å². The molecule has 168 valence electrons. The molecule has 32 heavy (non-hydrogen) atoms. The SMILES string of the molecule is O=C(NCc1ccc(C(F)(F)F)nc1N1CCCCC1)Nc1cccc2[nH]c(=O)ccc12. The van der Waals surface area contributed by atoms with Crippen molar-refractivity contribution in [3.05, 3.63) is 64.1 Å². The van der Waals surface area contributed by atoms with Gasteiger partial charge in [0.25, 0.3) is 0 Å². The molecular weight excluding hydrogens is 423 g/mol. The summed E-state index contributed by atoms with van der Waals surface area (Å²) in [4.78, 5) is 32.4. The van der Waals surface area contributed by atoms with Gasteiger partial charge in [0.1, 0.15) is 11.5 Å². The zero-order valence-corrected chi connectivity index (χ0v) is 17.1. The number of nitrogens with zero attached hydrogens (tertiary/aromatic N) is 2. The van der Waals surface area contributed by atoms with Gasteiger partial charge in [0.2, 0.25) is 5.56 Å². The molecule has 3 aromatic rings. The summed E-state index contributed by atoms with van der Waals surface area (Å²) in [5, 5.41) is 6.07. The zero-order valence-electron chi connectivity index (χ0n) is 17.1. The highest BCUT2D eigenvalue weighted by molar-refractivity contribution is 6.00.